The van der Waals surface area contributed by atoms with Crippen molar-refractivity contribution in [2.24, 2.45) is 5.92 Å². The molecule has 0 aliphatic heterocycles. The van der Waals surface area contributed by atoms with E-state index in [1.54, 1.807) is 0 Å². The summed E-state index contributed by atoms with van der Waals surface area (Å²) in [6.45, 7) is 5.69. The van der Waals surface area contributed by atoms with Crippen LogP contribution in [0.2, 0.25) is 0 Å². The molecule has 0 aliphatic carbocycles. The highest BCUT2D eigenvalue weighted by Crippen LogP contribution is 2.13. The molecule has 0 fully saturated rings. The Kier molecular flexibility index (Phi) is 4.72. The molecule has 0 aliphatic rings. The minimum absolute atomic E-state index is 0.0661. The van der Waals surface area contributed by atoms with Gasteiger partial charge in [0.1, 0.15) is 0 Å². The number of nitrogens with one attached hydrogen (secondary N) is 2. The standard InChI is InChI=1S/C10H16IN3O2/c1-5(2)7(4-15)12-10(16)9-8(11)6(3)13-14-9/h5,7,15H,4H2,1-3H3,(H,12,16)(H,13,14)/t7-/m1/s1. The van der Waals surface area contributed by atoms with Gasteiger partial charge in [-0.25, -0.2) is 0 Å². The molecule has 90 valence electrons. The van der Waals surface area contributed by atoms with Crippen LogP contribution in [0.3, 0.4) is 0 Å². The maximum absolute atomic E-state index is 11.8. The van der Waals surface area contributed by atoms with Gasteiger partial charge in [0, 0.05) is 5.69 Å². The Balaban J connectivity index is 2.76. The van der Waals surface area contributed by atoms with Gasteiger partial charge in [0.05, 0.1) is 16.2 Å². The summed E-state index contributed by atoms with van der Waals surface area (Å²) in [4.78, 5) is 11.8. The van der Waals surface area contributed by atoms with Crippen LogP contribution in [0, 0.1) is 16.4 Å². The van der Waals surface area contributed by atoms with Crippen molar-refractivity contribution in [1.29, 1.82) is 0 Å². The van der Waals surface area contributed by atoms with Crippen molar-refractivity contribution in [3.05, 3.63) is 15.0 Å². The monoisotopic (exact) mass is 337 g/mol. The second-order valence-corrected chi connectivity index (χ2v) is 5.10. The van der Waals surface area contributed by atoms with E-state index < -0.39 is 0 Å². The Hall–Kier alpha value is -0.630. The van der Waals surface area contributed by atoms with E-state index in [4.69, 9.17) is 5.11 Å². The van der Waals surface area contributed by atoms with E-state index in [9.17, 15) is 4.79 Å². The SMILES string of the molecule is Cc1[nH]nc(C(=O)N[C@H](CO)C(C)C)c1I. The highest BCUT2D eigenvalue weighted by atomic mass is 127. The fourth-order valence-electron chi connectivity index (χ4n) is 1.23. The first-order chi connectivity index (χ1) is 7.47. The molecule has 0 saturated carbocycles. The fourth-order valence-corrected chi connectivity index (χ4v) is 1.71. The molecule has 1 heterocycles. The molecule has 0 aromatic carbocycles. The minimum Gasteiger partial charge on any atom is -0.394 e. The van der Waals surface area contributed by atoms with Crippen molar-refractivity contribution >= 4 is 28.5 Å². The molecule has 5 nitrogen and oxygen atoms in total. The molecule has 0 saturated heterocycles. The number of aromatic amines is 1. The lowest BCUT2D eigenvalue weighted by Gasteiger charge is -2.19. The van der Waals surface area contributed by atoms with E-state index in [1.165, 1.54) is 0 Å². The average Bonchev–Trinajstić information content (AvgIpc) is 2.55. The molecule has 1 rings (SSSR count). The second kappa shape index (κ2) is 5.62. The van der Waals surface area contributed by atoms with Crippen molar-refractivity contribution in [2.45, 2.75) is 26.8 Å². The summed E-state index contributed by atoms with van der Waals surface area (Å²) < 4.78 is 0.815. The van der Waals surface area contributed by atoms with Crippen LogP contribution in [0.25, 0.3) is 0 Å². The number of aliphatic hydroxyl groups is 1. The molecule has 6 heteroatoms. The number of rotatable bonds is 4. The van der Waals surface area contributed by atoms with Crippen molar-refractivity contribution in [3.63, 3.8) is 0 Å². The average molecular weight is 337 g/mol. The zero-order valence-corrected chi connectivity index (χ0v) is 11.7. The highest BCUT2D eigenvalue weighted by Gasteiger charge is 2.20. The van der Waals surface area contributed by atoms with Crippen LogP contribution in [-0.2, 0) is 0 Å². The van der Waals surface area contributed by atoms with E-state index >= 15 is 0 Å². The first kappa shape index (κ1) is 13.4. The number of aromatic nitrogens is 2. The van der Waals surface area contributed by atoms with Gasteiger partial charge in [0.2, 0.25) is 0 Å². The minimum atomic E-state index is -0.249. The smallest absolute Gasteiger partial charge is 0.273 e. The molecule has 1 atom stereocenters. The summed E-state index contributed by atoms with van der Waals surface area (Å²) in [5.41, 5.74) is 1.26. The fraction of sp³-hybridized carbons (Fsp3) is 0.600. The maximum atomic E-state index is 11.8. The quantitative estimate of drug-likeness (QED) is 0.720. The molecule has 0 bridgehead atoms. The van der Waals surface area contributed by atoms with Crippen LogP contribution < -0.4 is 5.32 Å². The number of halogens is 1. The van der Waals surface area contributed by atoms with Crippen molar-refractivity contribution in [1.82, 2.24) is 15.5 Å². The lowest BCUT2D eigenvalue weighted by atomic mass is 10.1. The van der Waals surface area contributed by atoms with Crippen LogP contribution in [0.5, 0.6) is 0 Å². The van der Waals surface area contributed by atoms with Crippen molar-refractivity contribution in [3.8, 4) is 0 Å². The number of nitrogens with zero attached hydrogens (tertiary/aromatic N) is 1. The summed E-state index contributed by atoms with van der Waals surface area (Å²) in [6.07, 6.45) is 0. The summed E-state index contributed by atoms with van der Waals surface area (Å²) in [5, 5.41) is 18.6. The number of aryl methyl sites for hydroxylation is 1. The van der Waals surface area contributed by atoms with Gasteiger partial charge < -0.3 is 10.4 Å². The van der Waals surface area contributed by atoms with Gasteiger partial charge in [0.25, 0.3) is 5.91 Å². The zero-order valence-electron chi connectivity index (χ0n) is 9.54. The number of amides is 1. The van der Waals surface area contributed by atoms with E-state index in [0.29, 0.717) is 5.69 Å². The largest absolute Gasteiger partial charge is 0.394 e. The maximum Gasteiger partial charge on any atom is 0.273 e. The van der Waals surface area contributed by atoms with E-state index in [1.807, 2.05) is 20.8 Å². The molecular weight excluding hydrogens is 321 g/mol. The Morgan fingerprint density at radius 2 is 2.25 bits per heavy atom. The van der Waals surface area contributed by atoms with Crippen molar-refractivity contribution in [2.75, 3.05) is 6.61 Å². The third kappa shape index (κ3) is 2.94. The summed E-state index contributed by atoms with van der Waals surface area (Å²) in [6, 6.07) is -0.236. The topological polar surface area (TPSA) is 78.0 Å². The Labute approximate surface area is 108 Å². The van der Waals surface area contributed by atoms with Crippen LogP contribution in [0.1, 0.15) is 30.0 Å². The number of hydrogen-bond acceptors (Lipinski definition) is 3. The molecule has 0 spiro atoms. The molecule has 0 radical (unpaired) electrons. The summed E-state index contributed by atoms with van der Waals surface area (Å²) in [5.74, 6) is -0.0619. The van der Waals surface area contributed by atoms with E-state index in [-0.39, 0.29) is 24.5 Å². The number of aliphatic hydroxyl groups excluding tert-OH is 1. The van der Waals surface area contributed by atoms with Gasteiger partial charge in [-0.1, -0.05) is 13.8 Å². The van der Waals surface area contributed by atoms with Crippen LogP contribution in [-0.4, -0.2) is 33.9 Å². The van der Waals surface area contributed by atoms with E-state index in [2.05, 4.69) is 38.1 Å². The molecular formula is C10H16IN3O2. The summed E-state index contributed by atoms with van der Waals surface area (Å²) in [7, 11) is 0. The predicted molar refractivity (Wildman–Crippen MR) is 69.2 cm³/mol. The number of H-pyrrole nitrogens is 1. The van der Waals surface area contributed by atoms with Gasteiger partial charge in [-0.3, -0.25) is 9.89 Å². The third-order valence-corrected chi connectivity index (χ3v) is 3.73. The molecule has 3 N–H and O–H groups in total. The van der Waals surface area contributed by atoms with Crippen LogP contribution in [0.15, 0.2) is 0 Å². The van der Waals surface area contributed by atoms with Gasteiger partial charge >= 0.3 is 0 Å². The number of carbonyl (C=O) groups excluding carboxylic acids is 1. The normalized spacial score (nSPS) is 12.9. The number of hydrogen-bond donors (Lipinski definition) is 3. The first-order valence-corrected chi connectivity index (χ1v) is 6.17. The van der Waals surface area contributed by atoms with Gasteiger partial charge in [-0.05, 0) is 35.4 Å². The van der Waals surface area contributed by atoms with Gasteiger partial charge in [0.15, 0.2) is 5.69 Å². The lowest BCUT2D eigenvalue weighted by molar-refractivity contribution is 0.0891. The van der Waals surface area contributed by atoms with Crippen molar-refractivity contribution < 1.29 is 9.90 Å². The molecule has 0 unspecified atom stereocenters. The molecule has 1 aromatic heterocycles. The molecule has 1 amide bonds. The second-order valence-electron chi connectivity index (χ2n) is 4.02. The van der Waals surface area contributed by atoms with Crippen LogP contribution >= 0.6 is 22.6 Å². The molecule has 16 heavy (non-hydrogen) atoms. The predicted octanol–water partition coefficient (Wildman–Crippen LogP) is 1.07. The Morgan fingerprint density at radius 1 is 1.62 bits per heavy atom. The first-order valence-electron chi connectivity index (χ1n) is 5.09. The number of carbonyl (C=O) groups is 1. The summed E-state index contributed by atoms with van der Waals surface area (Å²) >= 11 is 2.07. The Morgan fingerprint density at radius 3 is 2.62 bits per heavy atom. The third-order valence-electron chi connectivity index (χ3n) is 2.41. The van der Waals surface area contributed by atoms with E-state index in [0.717, 1.165) is 9.26 Å². The zero-order chi connectivity index (χ0) is 12.3. The highest BCUT2D eigenvalue weighted by molar-refractivity contribution is 14.1. The Bertz CT molecular complexity index is 376. The molecule has 1 aromatic rings. The van der Waals surface area contributed by atoms with Gasteiger partial charge in [-0.15, -0.1) is 0 Å². The van der Waals surface area contributed by atoms with Crippen LogP contribution in [0.4, 0.5) is 0 Å². The van der Waals surface area contributed by atoms with Gasteiger partial charge in [-0.2, -0.15) is 5.10 Å². The lowest BCUT2D eigenvalue weighted by Crippen LogP contribution is -2.41.